The van der Waals surface area contributed by atoms with Gasteiger partial charge in [0, 0.05) is 39.2 Å². The van der Waals surface area contributed by atoms with E-state index in [4.69, 9.17) is 0 Å². The maximum Gasteiger partial charge on any atom is 0.262 e. The van der Waals surface area contributed by atoms with Gasteiger partial charge < -0.3 is 9.88 Å². The Balaban J connectivity index is 1.72. The second-order valence-corrected chi connectivity index (χ2v) is 8.77. The van der Waals surface area contributed by atoms with E-state index in [9.17, 15) is 10.1 Å². The van der Waals surface area contributed by atoms with Crippen LogP contribution < -0.4 is 5.32 Å². The van der Waals surface area contributed by atoms with E-state index in [0.717, 1.165) is 58.9 Å². The van der Waals surface area contributed by atoms with Crippen LogP contribution in [0, 0.1) is 18.3 Å². The molecular weight excluding hydrogens is 438 g/mol. The zero-order valence-corrected chi connectivity index (χ0v) is 18.6. The summed E-state index contributed by atoms with van der Waals surface area (Å²) in [6.07, 6.45) is 6.02. The summed E-state index contributed by atoms with van der Waals surface area (Å²) in [7, 11) is 0. The van der Waals surface area contributed by atoms with E-state index in [1.54, 1.807) is 6.08 Å². The van der Waals surface area contributed by atoms with Gasteiger partial charge >= 0.3 is 0 Å². The molecule has 0 unspecified atom stereocenters. The highest BCUT2D eigenvalue weighted by atomic mass is 79.9. The minimum absolute atomic E-state index is 0.163. The number of para-hydroxylation sites is 1. The largest absolute Gasteiger partial charge is 0.349 e. The summed E-state index contributed by atoms with van der Waals surface area (Å²) in [6, 6.07) is 18.7. The average molecular weight is 462 g/mol. The topological polar surface area (TPSA) is 57.8 Å². The van der Waals surface area contributed by atoms with Crippen LogP contribution in [0.15, 0.2) is 58.6 Å². The molecule has 1 N–H and O–H groups in total. The van der Waals surface area contributed by atoms with Crippen LogP contribution >= 0.6 is 15.9 Å². The Kier molecular flexibility index (Phi) is 6.06. The lowest BCUT2D eigenvalue weighted by Crippen LogP contribution is -2.33. The molecule has 0 bridgehead atoms. The smallest absolute Gasteiger partial charge is 0.262 e. The Hall–Kier alpha value is -2.84. The predicted octanol–water partition coefficient (Wildman–Crippen LogP) is 5.73. The van der Waals surface area contributed by atoms with Crippen LogP contribution in [-0.4, -0.2) is 16.5 Å². The summed E-state index contributed by atoms with van der Waals surface area (Å²) >= 11 is 3.49. The molecule has 0 atom stereocenters. The van der Waals surface area contributed by atoms with Gasteiger partial charge in [-0.25, -0.2) is 0 Å². The molecule has 1 heterocycles. The highest BCUT2D eigenvalue weighted by molar-refractivity contribution is 9.10. The third kappa shape index (κ3) is 4.20. The number of fused-ring (bicyclic) bond motifs is 1. The molecule has 1 aromatic heterocycles. The number of hydrogen-bond donors (Lipinski definition) is 1. The number of nitriles is 1. The summed E-state index contributed by atoms with van der Waals surface area (Å²) in [5.41, 5.74) is 4.42. The highest BCUT2D eigenvalue weighted by Crippen LogP contribution is 2.29. The summed E-state index contributed by atoms with van der Waals surface area (Å²) < 4.78 is 3.30. The Bertz CT molecular complexity index is 1150. The van der Waals surface area contributed by atoms with Gasteiger partial charge in [0.05, 0.1) is 0 Å². The summed E-state index contributed by atoms with van der Waals surface area (Å²) in [6.45, 7) is 2.78. The SMILES string of the molecule is Cc1c(/C=C(/C#N)C(=O)NC2CCCC2)c2ccccc2n1Cc1ccc(Br)cc1. The van der Waals surface area contributed by atoms with Crippen molar-refractivity contribution in [3.8, 4) is 6.07 Å². The quantitative estimate of drug-likeness (QED) is 0.389. The van der Waals surface area contributed by atoms with Gasteiger partial charge in [-0.2, -0.15) is 5.26 Å². The van der Waals surface area contributed by atoms with Crippen LogP contribution in [0.4, 0.5) is 0 Å². The first kappa shape index (κ1) is 20.4. The molecule has 1 amide bonds. The van der Waals surface area contributed by atoms with Gasteiger partial charge in [0.25, 0.3) is 5.91 Å². The van der Waals surface area contributed by atoms with Crippen molar-refractivity contribution in [1.29, 1.82) is 5.26 Å². The van der Waals surface area contributed by atoms with Gasteiger partial charge in [0.15, 0.2) is 0 Å². The van der Waals surface area contributed by atoms with Crippen molar-refractivity contribution in [2.75, 3.05) is 0 Å². The number of amides is 1. The Morgan fingerprint density at radius 1 is 1.20 bits per heavy atom. The van der Waals surface area contributed by atoms with E-state index in [-0.39, 0.29) is 17.5 Å². The van der Waals surface area contributed by atoms with Crippen molar-refractivity contribution in [3.05, 3.63) is 75.4 Å². The van der Waals surface area contributed by atoms with Crippen molar-refractivity contribution in [3.63, 3.8) is 0 Å². The van der Waals surface area contributed by atoms with Gasteiger partial charge in [-0.15, -0.1) is 0 Å². The Morgan fingerprint density at radius 3 is 2.60 bits per heavy atom. The van der Waals surface area contributed by atoms with Crippen LogP contribution in [-0.2, 0) is 11.3 Å². The van der Waals surface area contributed by atoms with Crippen LogP contribution in [0.5, 0.6) is 0 Å². The van der Waals surface area contributed by atoms with Gasteiger partial charge in [-0.3, -0.25) is 4.79 Å². The number of hydrogen-bond acceptors (Lipinski definition) is 2. The molecule has 1 saturated carbocycles. The summed E-state index contributed by atoms with van der Waals surface area (Å²) in [5.74, 6) is -0.270. The molecule has 4 rings (SSSR count). The number of halogens is 1. The molecule has 0 radical (unpaired) electrons. The van der Waals surface area contributed by atoms with E-state index in [1.807, 2.05) is 24.3 Å². The van der Waals surface area contributed by atoms with Crippen molar-refractivity contribution >= 4 is 38.8 Å². The first-order valence-electron chi connectivity index (χ1n) is 10.3. The average Bonchev–Trinajstić information content (AvgIpc) is 3.35. The number of nitrogens with one attached hydrogen (secondary N) is 1. The van der Waals surface area contributed by atoms with Crippen molar-refractivity contribution < 1.29 is 4.79 Å². The lowest BCUT2D eigenvalue weighted by atomic mass is 10.1. The molecule has 30 heavy (non-hydrogen) atoms. The monoisotopic (exact) mass is 461 g/mol. The normalized spacial score (nSPS) is 14.8. The van der Waals surface area contributed by atoms with Crippen molar-refractivity contribution in [2.45, 2.75) is 45.2 Å². The Morgan fingerprint density at radius 2 is 1.90 bits per heavy atom. The molecule has 152 valence electrons. The summed E-state index contributed by atoms with van der Waals surface area (Å²) in [4.78, 5) is 12.7. The fourth-order valence-electron chi connectivity index (χ4n) is 4.24. The second kappa shape index (κ2) is 8.89. The Labute approximate surface area is 185 Å². The lowest BCUT2D eigenvalue weighted by molar-refractivity contribution is -0.117. The predicted molar refractivity (Wildman–Crippen MR) is 124 cm³/mol. The fourth-order valence-corrected chi connectivity index (χ4v) is 4.51. The van der Waals surface area contributed by atoms with Gasteiger partial charge in [0.1, 0.15) is 11.6 Å². The van der Waals surface area contributed by atoms with Gasteiger partial charge in [-0.05, 0) is 49.6 Å². The molecule has 3 aromatic rings. The maximum absolute atomic E-state index is 12.7. The summed E-state index contributed by atoms with van der Waals surface area (Å²) in [5, 5.41) is 13.8. The fraction of sp³-hybridized carbons (Fsp3) is 0.280. The molecular formula is C25H24BrN3O. The standard InChI is InChI=1S/C25H24BrN3O/c1-17-23(14-19(15-27)25(30)28-21-6-2-3-7-21)22-8-4-5-9-24(22)29(17)16-18-10-12-20(26)13-11-18/h4-5,8-14,21H,2-3,6-7,16H2,1H3,(H,28,30)/b19-14-. The van der Waals surface area contributed by atoms with Crippen molar-refractivity contribution in [1.82, 2.24) is 9.88 Å². The van der Waals surface area contributed by atoms with Crippen LogP contribution in [0.2, 0.25) is 0 Å². The third-order valence-corrected chi connectivity index (χ3v) is 6.41. The second-order valence-electron chi connectivity index (χ2n) is 7.85. The van der Waals surface area contributed by atoms with Crippen LogP contribution in [0.1, 0.15) is 42.5 Å². The molecule has 1 aliphatic rings. The van der Waals surface area contributed by atoms with E-state index in [0.29, 0.717) is 0 Å². The number of carbonyl (C=O) groups excluding carboxylic acids is 1. The van der Waals surface area contributed by atoms with Crippen LogP contribution in [0.25, 0.3) is 17.0 Å². The highest BCUT2D eigenvalue weighted by Gasteiger charge is 2.20. The number of carbonyl (C=O) groups is 1. The number of aromatic nitrogens is 1. The van der Waals surface area contributed by atoms with E-state index in [2.05, 4.69) is 63.1 Å². The molecule has 2 aromatic carbocycles. The van der Waals surface area contributed by atoms with E-state index in [1.165, 1.54) is 5.56 Å². The number of benzene rings is 2. The molecule has 4 nitrogen and oxygen atoms in total. The first-order valence-corrected chi connectivity index (χ1v) is 11.1. The molecule has 0 spiro atoms. The van der Waals surface area contributed by atoms with E-state index < -0.39 is 0 Å². The zero-order chi connectivity index (χ0) is 21.1. The third-order valence-electron chi connectivity index (χ3n) is 5.88. The van der Waals surface area contributed by atoms with Gasteiger partial charge in [0.2, 0.25) is 0 Å². The molecule has 1 aliphatic carbocycles. The first-order chi connectivity index (χ1) is 14.6. The maximum atomic E-state index is 12.7. The minimum atomic E-state index is -0.270. The van der Waals surface area contributed by atoms with E-state index >= 15 is 0 Å². The zero-order valence-electron chi connectivity index (χ0n) is 17.0. The lowest BCUT2D eigenvalue weighted by Gasteiger charge is -2.11. The number of nitrogens with zero attached hydrogens (tertiary/aromatic N) is 2. The van der Waals surface area contributed by atoms with Gasteiger partial charge in [-0.1, -0.05) is 59.1 Å². The molecule has 1 fully saturated rings. The molecule has 5 heteroatoms. The van der Waals surface area contributed by atoms with Crippen molar-refractivity contribution in [2.24, 2.45) is 0 Å². The molecule has 0 aliphatic heterocycles. The van der Waals surface area contributed by atoms with Crippen LogP contribution in [0.3, 0.4) is 0 Å². The minimum Gasteiger partial charge on any atom is -0.349 e. The molecule has 0 saturated heterocycles. The number of rotatable bonds is 5.